The average Bonchev–Trinajstić information content (AvgIpc) is 2.76. The van der Waals surface area contributed by atoms with Gasteiger partial charge in [-0.3, -0.25) is 0 Å². The molecule has 0 bridgehead atoms. The first kappa shape index (κ1) is 11.8. The second kappa shape index (κ2) is 5.19. The van der Waals surface area contributed by atoms with E-state index in [4.69, 9.17) is 16.0 Å². The van der Waals surface area contributed by atoms with E-state index < -0.39 is 0 Å². The van der Waals surface area contributed by atoms with Crippen molar-refractivity contribution in [3.8, 4) is 0 Å². The average molecular weight is 265 g/mol. The fourth-order valence-corrected chi connectivity index (χ4v) is 3.05. The van der Waals surface area contributed by atoms with E-state index in [0.29, 0.717) is 11.9 Å². The maximum atomic E-state index is 6.13. The summed E-state index contributed by atoms with van der Waals surface area (Å²) in [6.07, 6.45) is 8.45. The van der Waals surface area contributed by atoms with Crippen LogP contribution in [0.3, 0.4) is 0 Å². The van der Waals surface area contributed by atoms with Gasteiger partial charge in [0.1, 0.15) is 11.4 Å². The van der Waals surface area contributed by atoms with Crippen LogP contribution in [0.1, 0.15) is 25.7 Å². The number of furan rings is 1. The Balaban J connectivity index is 2.02. The highest BCUT2D eigenvalue weighted by Crippen LogP contribution is 2.30. The van der Waals surface area contributed by atoms with Crippen LogP contribution >= 0.6 is 11.6 Å². The van der Waals surface area contributed by atoms with E-state index >= 15 is 0 Å². The minimum Gasteiger partial charge on any atom is -0.464 e. The first-order chi connectivity index (χ1) is 8.90. The van der Waals surface area contributed by atoms with Gasteiger partial charge in [0.2, 0.25) is 0 Å². The highest BCUT2D eigenvalue weighted by atomic mass is 35.5. The second-order valence-electron chi connectivity index (χ2n) is 4.82. The Morgan fingerprint density at radius 2 is 2.28 bits per heavy atom. The van der Waals surface area contributed by atoms with Crippen LogP contribution in [-0.4, -0.2) is 23.5 Å². The number of alkyl halides is 1. The van der Waals surface area contributed by atoms with Gasteiger partial charge >= 0.3 is 0 Å². The van der Waals surface area contributed by atoms with Gasteiger partial charge in [-0.1, -0.05) is 12.8 Å². The van der Waals surface area contributed by atoms with Crippen molar-refractivity contribution in [1.82, 2.24) is 4.98 Å². The van der Waals surface area contributed by atoms with Crippen LogP contribution in [0.5, 0.6) is 0 Å². The molecule has 1 atom stereocenters. The molecule has 0 radical (unpaired) electrons. The SMILES string of the molecule is ClCC1CCCCCN1c1nccc2occc12. The third kappa shape index (κ3) is 2.07. The molecule has 3 nitrogen and oxygen atoms in total. The Labute approximate surface area is 112 Å². The number of rotatable bonds is 2. The molecule has 1 aliphatic rings. The Morgan fingerprint density at radius 3 is 3.17 bits per heavy atom. The van der Waals surface area contributed by atoms with Crippen LogP contribution in [0.15, 0.2) is 29.0 Å². The molecule has 2 aromatic heterocycles. The van der Waals surface area contributed by atoms with Crippen molar-refractivity contribution in [1.29, 1.82) is 0 Å². The van der Waals surface area contributed by atoms with Gasteiger partial charge in [-0.05, 0) is 25.0 Å². The predicted molar refractivity (Wildman–Crippen MR) is 74.3 cm³/mol. The monoisotopic (exact) mass is 264 g/mol. The third-order valence-electron chi connectivity index (χ3n) is 3.69. The van der Waals surface area contributed by atoms with E-state index in [1.807, 2.05) is 18.3 Å². The Hall–Kier alpha value is -1.22. The van der Waals surface area contributed by atoms with Crippen LogP contribution in [0, 0.1) is 0 Å². The van der Waals surface area contributed by atoms with Crippen molar-refractivity contribution < 1.29 is 4.42 Å². The van der Waals surface area contributed by atoms with Gasteiger partial charge < -0.3 is 9.32 Å². The van der Waals surface area contributed by atoms with Crippen molar-refractivity contribution >= 4 is 28.4 Å². The summed E-state index contributed by atoms with van der Waals surface area (Å²) in [5, 5.41) is 1.09. The summed E-state index contributed by atoms with van der Waals surface area (Å²) in [6, 6.07) is 4.29. The lowest BCUT2D eigenvalue weighted by molar-refractivity contribution is 0.611. The molecule has 0 aliphatic carbocycles. The molecule has 0 aromatic carbocycles. The number of aromatic nitrogens is 1. The van der Waals surface area contributed by atoms with Gasteiger partial charge in [-0.15, -0.1) is 11.6 Å². The number of anilines is 1. The topological polar surface area (TPSA) is 29.3 Å². The molecule has 1 saturated heterocycles. The summed E-state index contributed by atoms with van der Waals surface area (Å²) in [4.78, 5) is 6.91. The zero-order chi connectivity index (χ0) is 12.4. The van der Waals surface area contributed by atoms with Crippen molar-refractivity contribution in [3.63, 3.8) is 0 Å². The smallest absolute Gasteiger partial charge is 0.139 e. The summed E-state index contributed by atoms with van der Waals surface area (Å²) in [5.41, 5.74) is 0.901. The zero-order valence-corrected chi connectivity index (χ0v) is 11.1. The van der Waals surface area contributed by atoms with Gasteiger partial charge in [0.05, 0.1) is 11.6 Å². The summed E-state index contributed by atoms with van der Waals surface area (Å²) in [5.74, 6) is 1.68. The first-order valence-electron chi connectivity index (χ1n) is 6.55. The van der Waals surface area contributed by atoms with Crippen LogP contribution < -0.4 is 4.90 Å². The molecule has 96 valence electrons. The van der Waals surface area contributed by atoms with Gasteiger partial charge in [-0.2, -0.15) is 0 Å². The van der Waals surface area contributed by atoms with Crippen LogP contribution in [0.25, 0.3) is 11.0 Å². The first-order valence-corrected chi connectivity index (χ1v) is 7.08. The van der Waals surface area contributed by atoms with Crippen molar-refractivity contribution in [2.45, 2.75) is 31.7 Å². The molecule has 3 heterocycles. The van der Waals surface area contributed by atoms with E-state index in [1.165, 1.54) is 19.3 Å². The van der Waals surface area contributed by atoms with E-state index in [1.54, 1.807) is 6.26 Å². The summed E-state index contributed by atoms with van der Waals surface area (Å²) >= 11 is 6.13. The maximum absolute atomic E-state index is 6.13. The van der Waals surface area contributed by atoms with Gasteiger partial charge in [0.25, 0.3) is 0 Å². The molecule has 1 aliphatic heterocycles. The normalized spacial score (nSPS) is 21.2. The predicted octanol–water partition coefficient (Wildman–Crippen LogP) is 3.82. The maximum Gasteiger partial charge on any atom is 0.139 e. The second-order valence-corrected chi connectivity index (χ2v) is 5.13. The van der Waals surface area contributed by atoms with Crippen LogP contribution in [0.2, 0.25) is 0 Å². The van der Waals surface area contributed by atoms with E-state index in [9.17, 15) is 0 Å². The fraction of sp³-hybridized carbons (Fsp3) is 0.500. The molecule has 2 aromatic rings. The summed E-state index contributed by atoms with van der Waals surface area (Å²) in [6.45, 7) is 1.04. The minimum atomic E-state index is 0.391. The Kier molecular flexibility index (Phi) is 3.41. The highest BCUT2D eigenvalue weighted by molar-refractivity contribution is 6.18. The molecule has 0 spiro atoms. The van der Waals surface area contributed by atoms with Gasteiger partial charge in [0, 0.05) is 24.7 Å². The molecule has 1 unspecified atom stereocenters. The number of nitrogens with zero attached hydrogens (tertiary/aromatic N) is 2. The number of fused-ring (bicyclic) bond motifs is 1. The molecule has 0 amide bonds. The van der Waals surface area contributed by atoms with Crippen molar-refractivity contribution in [3.05, 3.63) is 24.6 Å². The number of hydrogen-bond donors (Lipinski definition) is 0. The zero-order valence-electron chi connectivity index (χ0n) is 10.3. The Bertz CT molecular complexity index is 525. The lowest BCUT2D eigenvalue weighted by atomic mass is 10.1. The molecule has 0 N–H and O–H groups in total. The van der Waals surface area contributed by atoms with Gasteiger partial charge in [0.15, 0.2) is 0 Å². The number of pyridine rings is 1. The minimum absolute atomic E-state index is 0.391. The Morgan fingerprint density at radius 1 is 1.33 bits per heavy atom. The van der Waals surface area contributed by atoms with E-state index in [0.717, 1.165) is 29.8 Å². The molecule has 0 saturated carbocycles. The largest absolute Gasteiger partial charge is 0.464 e. The van der Waals surface area contributed by atoms with Crippen molar-refractivity contribution in [2.75, 3.05) is 17.3 Å². The quantitative estimate of drug-likeness (QED) is 0.773. The van der Waals surface area contributed by atoms with Gasteiger partial charge in [-0.25, -0.2) is 4.98 Å². The number of hydrogen-bond acceptors (Lipinski definition) is 3. The fourth-order valence-electron chi connectivity index (χ4n) is 2.73. The molecule has 4 heteroatoms. The highest BCUT2D eigenvalue weighted by Gasteiger charge is 2.23. The van der Waals surface area contributed by atoms with E-state index in [-0.39, 0.29) is 0 Å². The molecular formula is C14H17ClN2O. The molecule has 1 fully saturated rings. The molecule has 18 heavy (non-hydrogen) atoms. The standard InChI is InChI=1S/C14H17ClN2O/c15-10-11-4-2-1-3-8-17(11)14-12-6-9-18-13(12)5-7-16-14/h5-7,9,11H,1-4,8,10H2. The summed E-state index contributed by atoms with van der Waals surface area (Å²) < 4.78 is 5.45. The molecule has 3 rings (SSSR count). The third-order valence-corrected chi connectivity index (χ3v) is 4.04. The summed E-state index contributed by atoms with van der Waals surface area (Å²) in [7, 11) is 0. The lowest BCUT2D eigenvalue weighted by Gasteiger charge is -2.30. The van der Waals surface area contributed by atoms with Crippen molar-refractivity contribution in [2.24, 2.45) is 0 Å². The van der Waals surface area contributed by atoms with E-state index in [2.05, 4.69) is 9.88 Å². The lowest BCUT2D eigenvalue weighted by Crippen LogP contribution is -2.36. The molecular weight excluding hydrogens is 248 g/mol. The number of halogens is 1. The van der Waals surface area contributed by atoms with Crippen LogP contribution in [-0.2, 0) is 0 Å². The van der Waals surface area contributed by atoms with Crippen LogP contribution in [0.4, 0.5) is 5.82 Å².